The van der Waals surface area contributed by atoms with Crippen molar-refractivity contribution in [2.24, 2.45) is 7.05 Å². The number of aromatic amines is 1. The van der Waals surface area contributed by atoms with E-state index in [0.29, 0.717) is 23.0 Å². The van der Waals surface area contributed by atoms with Crippen molar-refractivity contribution in [2.75, 3.05) is 0 Å². The monoisotopic (exact) mass is 312 g/mol. The van der Waals surface area contributed by atoms with Crippen LogP contribution in [-0.2, 0) is 7.05 Å². The fraction of sp³-hybridized carbons (Fsp3) is 0.267. The molecule has 0 saturated heterocycles. The molecule has 1 amide bonds. The maximum atomic E-state index is 12.6. The SMILES string of the molecule is CC[C@H](NC(=O)c1n[nH]c(=O)c2ccccc12)c1ncnn1C. The van der Waals surface area contributed by atoms with Crippen LogP contribution in [0.2, 0.25) is 0 Å². The third-order valence-electron chi connectivity index (χ3n) is 3.68. The molecule has 8 nitrogen and oxygen atoms in total. The average molecular weight is 312 g/mol. The summed E-state index contributed by atoms with van der Waals surface area (Å²) in [5.41, 5.74) is -0.140. The van der Waals surface area contributed by atoms with Gasteiger partial charge in [-0.15, -0.1) is 0 Å². The lowest BCUT2D eigenvalue weighted by atomic mass is 10.1. The number of carbonyl (C=O) groups excluding carboxylic acids is 1. The van der Waals surface area contributed by atoms with E-state index < -0.39 is 0 Å². The maximum Gasteiger partial charge on any atom is 0.272 e. The van der Waals surface area contributed by atoms with Crippen molar-refractivity contribution in [3.8, 4) is 0 Å². The van der Waals surface area contributed by atoms with Crippen molar-refractivity contribution in [2.45, 2.75) is 19.4 Å². The lowest BCUT2D eigenvalue weighted by Gasteiger charge is -2.16. The van der Waals surface area contributed by atoms with Crippen molar-refractivity contribution in [3.05, 3.63) is 52.5 Å². The molecule has 0 radical (unpaired) electrons. The number of aryl methyl sites for hydroxylation is 1. The number of nitrogens with zero attached hydrogens (tertiary/aromatic N) is 4. The van der Waals surface area contributed by atoms with Gasteiger partial charge in [-0.3, -0.25) is 14.3 Å². The number of amides is 1. The second kappa shape index (κ2) is 5.99. The predicted octanol–water partition coefficient (Wildman–Crippen LogP) is 0.933. The van der Waals surface area contributed by atoms with Crippen molar-refractivity contribution < 1.29 is 4.79 Å². The van der Waals surface area contributed by atoms with Crippen LogP contribution in [0.3, 0.4) is 0 Å². The van der Waals surface area contributed by atoms with Gasteiger partial charge >= 0.3 is 0 Å². The van der Waals surface area contributed by atoms with Crippen LogP contribution in [0, 0.1) is 0 Å². The van der Waals surface area contributed by atoms with Crippen molar-refractivity contribution in [3.63, 3.8) is 0 Å². The van der Waals surface area contributed by atoms with Gasteiger partial charge < -0.3 is 5.32 Å². The Labute approximate surface area is 131 Å². The van der Waals surface area contributed by atoms with Crippen LogP contribution in [0.1, 0.15) is 35.7 Å². The molecule has 3 rings (SSSR count). The Hall–Kier alpha value is -3.03. The number of fused-ring (bicyclic) bond motifs is 1. The molecule has 23 heavy (non-hydrogen) atoms. The lowest BCUT2D eigenvalue weighted by molar-refractivity contribution is 0.0928. The highest BCUT2D eigenvalue weighted by molar-refractivity contribution is 6.04. The fourth-order valence-electron chi connectivity index (χ4n) is 2.48. The van der Waals surface area contributed by atoms with E-state index in [0.717, 1.165) is 0 Å². The molecule has 1 aromatic carbocycles. The number of benzene rings is 1. The first-order valence-electron chi connectivity index (χ1n) is 7.24. The molecule has 0 aliphatic heterocycles. The zero-order chi connectivity index (χ0) is 16.4. The normalized spacial score (nSPS) is 12.3. The molecule has 1 atom stereocenters. The molecular weight excluding hydrogens is 296 g/mol. The molecule has 0 bridgehead atoms. The van der Waals surface area contributed by atoms with Crippen LogP contribution < -0.4 is 10.9 Å². The molecule has 2 heterocycles. The van der Waals surface area contributed by atoms with E-state index in [1.54, 1.807) is 36.0 Å². The summed E-state index contributed by atoms with van der Waals surface area (Å²) >= 11 is 0. The number of hydrogen-bond acceptors (Lipinski definition) is 5. The van der Waals surface area contributed by atoms with E-state index >= 15 is 0 Å². The van der Waals surface area contributed by atoms with Gasteiger partial charge in [-0.1, -0.05) is 25.1 Å². The molecule has 2 N–H and O–H groups in total. The quantitative estimate of drug-likeness (QED) is 0.745. The highest BCUT2D eigenvalue weighted by Gasteiger charge is 2.21. The van der Waals surface area contributed by atoms with Gasteiger partial charge in [-0.05, 0) is 12.5 Å². The molecule has 0 saturated carbocycles. The Bertz CT molecular complexity index is 913. The number of aromatic nitrogens is 5. The molecule has 0 spiro atoms. The van der Waals surface area contributed by atoms with E-state index in [4.69, 9.17) is 0 Å². The van der Waals surface area contributed by atoms with E-state index in [1.165, 1.54) is 6.33 Å². The van der Waals surface area contributed by atoms with Crippen LogP contribution >= 0.6 is 0 Å². The minimum atomic E-state index is -0.368. The third kappa shape index (κ3) is 2.70. The predicted molar refractivity (Wildman–Crippen MR) is 83.9 cm³/mol. The number of nitrogens with one attached hydrogen (secondary N) is 2. The zero-order valence-electron chi connectivity index (χ0n) is 12.8. The highest BCUT2D eigenvalue weighted by Crippen LogP contribution is 2.16. The first-order chi connectivity index (χ1) is 11.1. The molecular formula is C15H16N6O2. The topological polar surface area (TPSA) is 106 Å². The molecule has 118 valence electrons. The van der Waals surface area contributed by atoms with Gasteiger partial charge in [0.05, 0.1) is 11.4 Å². The summed E-state index contributed by atoms with van der Waals surface area (Å²) in [4.78, 5) is 28.6. The summed E-state index contributed by atoms with van der Waals surface area (Å²) < 4.78 is 1.62. The minimum Gasteiger partial charge on any atom is -0.341 e. The number of hydrogen-bond donors (Lipinski definition) is 2. The van der Waals surface area contributed by atoms with E-state index in [9.17, 15) is 9.59 Å². The summed E-state index contributed by atoms with van der Waals surface area (Å²) in [5.74, 6) is 0.293. The van der Waals surface area contributed by atoms with Crippen molar-refractivity contribution in [1.82, 2.24) is 30.3 Å². The van der Waals surface area contributed by atoms with Crippen LogP contribution in [0.4, 0.5) is 0 Å². The highest BCUT2D eigenvalue weighted by atomic mass is 16.2. The Morgan fingerprint density at radius 1 is 1.35 bits per heavy atom. The van der Waals surface area contributed by atoms with E-state index in [2.05, 4.69) is 25.6 Å². The summed E-state index contributed by atoms with van der Waals surface area (Å²) in [6, 6.07) is 6.58. The van der Waals surface area contributed by atoms with E-state index in [1.807, 2.05) is 6.92 Å². The molecule has 0 aliphatic carbocycles. The molecule has 0 aliphatic rings. The number of H-pyrrole nitrogens is 1. The van der Waals surface area contributed by atoms with Crippen molar-refractivity contribution in [1.29, 1.82) is 0 Å². The van der Waals surface area contributed by atoms with Crippen molar-refractivity contribution >= 4 is 16.7 Å². The van der Waals surface area contributed by atoms with Crippen LogP contribution in [0.5, 0.6) is 0 Å². The number of carbonyl (C=O) groups is 1. The minimum absolute atomic E-state index is 0.181. The molecule has 8 heteroatoms. The first kappa shape index (κ1) is 14.9. The van der Waals surface area contributed by atoms with Gasteiger partial charge in [0.1, 0.15) is 12.2 Å². The lowest BCUT2D eigenvalue weighted by Crippen LogP contribution is -2.31. The molecule has 2 aromatic heterocycles. The second-order valence-corrected chi connectivity index (χ2v) is 5.12. The van der Waals surface area contributed by atoms with Gasteiger partial charge in [0.15, 0.2) is 5.69 Å². The van der Waals surface area contributed by atoms with Gasteiger partial charge in [0, 0.05) is 12.4 Å². The number of rotatable bonds is 4. The standard InChI is InChI=1S/C15H16N6O2/c1-3-11(13-16-8-17-21(13)2)18-15(23)12-9-6-4-5-7-10(9)14(22)20-19-12/h4-8,11H,3H2,1-2H3,(H,18,23)(H,20,22)/t11-/m0/s1. The van der Waals surface area contributed by atoms with Crippen LogP contribution in [0.25, 0.3) is 10.8 Å². The summed E-state index contributed by atoms with van der Waals surface area (Å²) in [5, 5.41) is 14.1. The Morgan fingerprint density at radius 2 is 2.09 bits per heavy atom. The van der Waals surface area contributed by atoms with Crippen LogP contribution in [0.15, 0.2) is 35.4 Å². The second-order valence-electron chi connectivity index (χ2n) is 5.12. The van der Waals surface area contributed by atoms with Gasteiger partial charge in [0.2, 0.25) is 0 Å². The molecule has 3 aromatic rings. The fourth-order valence-corrected chi connectivity index (χ4v) is 2.48. The average Bonchev–Trinajstić information content (AvgIpc) is 2.99. The van der Waals surface area contributed by atoms with Gasteiger partial charge in [-0.25, -0.2) is 10.1 Å². The van der Waals surface area contributed by atoms with Gasteiger partial charge in [-0.2, -0.15) is 10.2 Å². The largest absolute Gasteiger partial charge is 0.341 e. The zero-order valence-corrected chi connectivity index (χ0v) is 12.8. The van der Waals surface area contributed by atoms with E-state index in [-0.39, 0.29) is 23.2 Å². The van der Waals surface area contributed by atoms with Gasteiger partial charge in [0.25, 0.3) is 11.5 Å². The summed E-state index contributed by atoms with van der Waals surface area (Å²) in [7, 11) is 1.77. The summed E-state index contributed by atoms with van der Waals surface area (Å²) in [6.45, 7) is 1.94. The Balaban J connectivity index is 1.96. The van der Waals surface area contributed by atoms with Crippen LogP contribution in [-0.4, -0.2) is 30.9 Å². The first-order valence-corrected chi connectivity index (χ1v) is 7.24. The smallest absolute Gasteiger partial charge is 0.272 e. The maximum absolute atomic E-state index is 12.6. The Kier molecular flexibility index (Phi) is 3.88. The Morgan fingerprint density at radius 3 is 2.74 bits per heavy atom. The molecule has 0 unspecified atom stereocenters. The molecule has 0 fully saturated rings. The third-order valence-corrected chi connectivity index (χ3v) is 3.68. The summed E-state index contributed by atoms with van der Waals surface area (Å²) in [6.07, 6.45) is 2.09.